The summed E-state index contributed by atoms with van der Waals surface area (Å²) in [5.74, 6) is -0.378. The van der Waals surface area contributed by atoms with Crippen LogP contribution in [0.5, 0.6) is 0 Å². The molecule has 0 saturated carbocycles. The lowest BCUT2D eigenvalue weighted by Gasteiger charge is -1.96. The molecule has 0 aliphatic carbocycles. The average molecular weight is 178 g/mol. The minimum absolute atomic E-state index is 0.273. The van der Waals surface area contributed by atoms with Crippen molar-refractivity contribution in [3.05, 3.63) is 35.8 Å². The van der Waals surface area contributed by atoms with Crippen molar-refractivity contribution in [2.24, 2.45) is 5.16 Å². The molecule has 0 bridgehead atoms. The van der Waals surface area contributed by atoms with Crippen molar-refractivity contribution < 1.29 is 9.60 Å². The van der Waals surface area contributed by atoms with Gasteiger partial charge in [-0.3, -0.25) is 0 Å². The predicted molar refractivity (Wildman–Crippen MR) is 47.6 cm³/mol. The first kappa shape index (κ1) is 7.79. The quantitative estimate of drug-likeness (QED) is 0.392. The van der Waals surface area contributed by atoms with Crippen molar-refractivity contribution in [3.8, 4) is 0 Å². The highest BCUT2D eigenvalue weighted by Gasteiger charge is 2.05. The Hall–Kier alpha value is -1.84. The monoisotopic (exact) mass is 178 g/mol. The maximum atomic E-state index is 13.5. The summed E-state index contributed by atoms with van der Waals surface area (Å²) in [7, 11) is 0. The van der Waals surface area contributed by atoms with Gasteiger partial charge in [-0.25, -0.2) is 4.39 Å². The van der Waals surface area contributed by atoms with E-state index in [1.54, 1.807) is 24.4 Å². The number of rotatable bonds is 1. The first-order valence-electron chi connectivity index (χ1n) is 3.76. The molecule has 0 amide bonds. The van der Waals surface area contributed by atoms with E-state index in [1.165, 1.54) is 0 Å². The van der Waals surface area contributed by atoms with E-state index in [2.05, 4.69) is 10.1 Å². The Morgan fingerprint density at radius 2 is 2.23 bits per heavy atom. The number of benzene rings is 1. The number of hydrogen-bond acceptors (Lipinski definition) is 2. The number of halogens is 1. The Kier molecular flexibility index (Phi) is 1.73. The fourth-order valence-electron chi connectivity index (χ4n) is 1.28. The van der Waals surface area contributed by atoms with Gasteiger partial charge in [0.2, 0.25) is 0 Å². The zero-order chi connectivity index (χ0) is 9.26. The second kappa shape index (κ2) is 2.90. The van der Waals surface area contributed by atoms with Crippen LogP contribution in [0, 0.1) is 5.82 Å². The van der Waals surface area contributed by atoms with Crippen LogP contribution < -0.4 is 0 Å². The van der Waals surface area contributed by atoms with Gasteiger partial charge in [0.1, 0.15) is 5.82 Å². The van der Waals surface area contributed by atoms with E-state index in [4.69, 9.17) is 5.21 Å². The number of aromatic amines is 1. The molecular weight excluding hydrogens is 171 g/mol. The van der Waals surface area contributed by atoms with Crippen molar-refractivity contribution >= 4 is 17.1 Å². The minimum atomic E-state index is -0.378. The summed E-state index contributed by atoms with van der Waals surface area (Å²) in [4.78, 5) is 2.88. The van der Waals surface area contributed by atoms with Gasteiger partial charge in [-0.15, -0.1) is 0 Å². The molecule has 66 valence electrons. The van der Waals surface area contributed by atoms with Crippen molar-refractivity contribution in [3.63, 3.8) is 0 Å². The second-order valence-corrected chi connectivity index (χ2v) is 2.65. The lowest BCUT2D eigenvalue weighted by atomic mass is 10.1. The Bertz CT molecular complexity index is 462. The van der Waals surface area contributed by atoms with Crippen molar-refractivity contribution in [2.45, 2.75) is 0 Å². The molecule has 3 nitrogen and oxygen atoms in total. The standard InChI is InChI=1S/C9H7FN2O/c10-9-6(5-12-13)1-2-8-7(9)3-4-11-8/h1-5,11,13H. The fourth-order valence-corrected chi connectivity index (χ4v) is 1.28. The summed E-state index contributed by atoms with van der Waals surface area (Å²) in [5, 5.41) is 11.5. The van der Waals surface area contributed by atoms with Crippen LogP contribution >= 0.6 is 0 Å². The molecular formula is C9H7FN2O. The lowest BCUT2D eigenvalue weighted by molar-refractivity contribution is 0.321. The number of fused-ring (bicyclic) bond motifs is 1. The third kappa shape index (κ3) is 1.16. The largest absolute Gasteiger partial charge is 0.411 e. The highest BCUT2D eigenvalue weighted by Crippen LogP contribution is 2.18. The molecule has 0 unspecified atom stereocenters. The first-order chi connectivity index (χ1) is 6.33. The van der Waals surface area contributed by atoms with Gasteiger partial charge in [0.25, 0.3) is 0 Å². The van der Waals surface area contributed by atoms with E-state index < -0.39 is 0 Å². The Morgan fingerprint density at radius 1 is 1.38 bits per heavy atom. The van der Waals surface area contributed by atoms with Crippen LogP contribution in [-0.2, 0) is 0 Å². The minimum Gasteiger partial charge on any atom is -0.411 e. The molecule has 0 aliphatic rings. The number of H-pyrrole nitrogens is 1. The van der Waals surface area contributed by atoms with Gasteiger partial charge in [0.15, 0.2) is 0 Å². The van der Waals surface area contributed by atoms with Crippen LogP contribution in [-0.4, -0.2) is 16.4 Å². The third-order valence-electron chi connectivity index (χ3n) is 1.90. The third-order valence-corrected chi connectivity index (χ3v) is 1.90. The van der Waals surface area contributed by atoms with Crippen molar-refractivity contribution in [1.29, 1.82) is 0 Å². The molecule has 0 atom stereocenters. The van der Waals surface area contributed by atoms with Crippen LogP contribution in [0.3, 0.4) is 0 Å². The van der Waals surface area contributed by atoms with Gasteiger partial charge >= 0.3 is 0 Å². The van der Waals surface area contributed by atoms with E-state index in [1.807, 2.05) is 0 Å². The maximum Gasteiger partial charge on any atom is 0.141 e. The van der Waals surface area contributed by atoms with Crippen LogP contribution in [0.4, 0.5) is 4.39 Å². The summed E-state index contributed by atoms with van der Waals surface area (Å²) < 4.78 is 13.5. The van der Waals surface area contributed by atoms with Crippen molar-refractivity contribution in [2.75, 3.05) is 0 Å². The van der Waals surface area contributed by atoms with E-state index in [9.17, 15) is 4.39 Å². The van der Waals surface area contributed by atoms with Gasteiger partial charge in [-0.1, -0.05) is 5.16 Å². The number of nitrogens with zero attached hydrogens (tertiary/aromatic N) is 1. The van der Waals surface area contributed by atoms with Gasteiger partial charge in [0, 0.05) is 22.7 Å². The highest BCUT2D eigenvalue weighted by atomic mass is 19.1. The molecule has 2 aromatic rings. The molecule has 13 heavy (non-hydrogen) atoms. The summed E-state index contributed by atoms with van der Waals surface area (Å²) in [6, 6.07) is 4.92. The predicted octanol–water partition coefficient (Wildman–Crippen LogP) is 2.12. The molecule has 4 heteroatoms. The number of hydrogen-bond donors (Lipinski definition) is 2. The first-order valence-corrected chi connectivity index (χ1v) is 3.76. The van der Waals surface area contributed by atoms with Crippen LogP contribution in [0.25, 0.3) is 10.9 Å². The Balaban J connectivity index is 2.73. The van der Waals surface area contributed by atoms with E-state index in [0.29, 0.717) is 5.39 Å². The summed E-state index contributed by atoms with van der Waals surface area (Å²) in [6.07, 6.45) is 2.73. The molecule has 0 radical (unpaired) electrons. The highest BCUT2D eigenvalue weighted by molar-refractivity contribution is 5.89. The van der Waals surface area contributed by atoms with Crippen molar-refractivity contribution in [1.82, 2.24) is 4.98 Å². The second-order valence-electron chi connectivity index (χ2n) is 2.65. The fraction of sp³-hybridized carbons (Fsp3) is 0. The average Bonchev–Trinajstić information content (AvgIpc) is 2.58. The SMILES string of the molecule is ON=Cc1ccc2[nH]ccc2c1F. The Labute approximate surface area is 73.5 Å². The van der Waals surface area contributed by atoms with Gasteiger partial charge in [0.05, 0.1) is 6.21 Å². The Morgan fingerprint density at radius 3 is 3.00 bits per heavy atom. The summed E-state index contributed by atoms with van der Waals surface area (Å²) in [5.41, 5.74) is 1.00. The molecule has 0 fully saturated rings. The number of nitrogens with one attached hydrogen (secondary N) is 1. The van der Waals surface area contributed by atoms with Crippen LogP contribution in [0.15, 0.2) is 29.6 Å². The molecule has 1 heterocycles. The van der Waals surface area contributed by atoms with E-state index in [-0.39, 0.29) is 11.4 Å². The van der Waals surface area contributed by atoms with E-state index in [0.717, 1.165) is 11.7 Å². The summed E-state index contributed by atoms with van der Waals surface area (Å²) >= 11 is 0. The van der Waals surface area contributed by atoms with Gasteiger partial charge in [-0.2, -0.15) is 0 Å². The molecule has 2 N–H and O–H groups in total. The topological polar surface area (TPSA) is 48.4 Å². The molecule has 0 saturated heterocycles. The normalized spacial score (nSPS) is 11.5. The molecule has 2 rings (SSSR count). The molecule has 0 spiro atoms. The smallest absolute Gasteiger partial charge is 0.141 e. The molecule has 1 aromatic heterocycles. The van der Waals surface area contributed by atoms with Crippen LogP contribution in [0.1, 0.15) is 5.56 Å². The van der Waals surface area contributed by atoms with Gasteiger partial charge < -0.3 is 10.2 Å². The van der Waals surface area contributed by atoms with Gasteiger partial charge in [-0.05, 0) is 18.2 Å². The molecule has 0 aliphatic heterocycles. The zero-order valence-corrected chi connectivity index (χ0v) is 6.66. The lowest BCUT2D eigenvalue weighted by Crippen LogP contribution is -1.88. The number of aromatic nitrogens is 1. The maximum absolute atomic E-state index is 13.5. The van der Waals surface area contributed by atoms with E-state index >= 15 is 0 Å². The molecule has 1 aromatic carbocycles. The summed E-state index contributed by atoms with van der Waals surface area (Å²) in [6.45, 7) is 0. The van der Waals surface area contributed by atoms with Crippen LogP contribution in [0.2, 0.25) is 0 Å². The zero-order valence-electron chi connectivity index (χ0n) is 6.66. The number of oxime groups is 1.